The average molecular weight is 326 g/mol. The van der Waals surface area contributed by atoms with Gasteiger partial charge in [-0.3, -0.25) is 9.59 Å². The summed E-state index contributed by atoms with van der Waals surface area (Å²) in [5, 5.41) is 5.17. The van der Waals surface area contributed by atoms with Crippen molar-refractivity contribution in [2.45, 2.75) is 25.2 Å². The number of esters is 1. The van der Waals surface area contributed by atoms with E-state index >= 15 is 0 Å². The minimum absolute atomic E-state index is 0.0323. The number of ether oxygens (including phenoxy) is 1. The van der Waals surface area contributed by atoms with E-state index in [1.165, 1.54) is 18.1 Å². The Hall–Kier alpha value is -1.93. The van der Waals surface area contributed by atoms with Crippen LogP contribution in [0, 0.1) is 19.8 Å². The van der Waals surface area contributed by atoms with E-state index in [2.05, 4.69) is 4.74 Å². The summed E-state index contributed by atoms with van der Waals surface area (Å²) in [5.41, 5.74) is 1.65. The largest absolute Gasteiger partial charge is 0.469 e. The first-order valence-corrected chi connectivity index (χ1v) is 8.22. The van der Waals surface area contributed by atoms with Crippen molar-refractivity contribution in [1.29, 1.82) is 0 Å². The molecule has 0 aliphatic carbocycles. The standard InChI is InChI=1S/C14H18N2O5S/c1-8-5-12(22(15,19)20)9(2)4-11(8)16-7-10(6-13(16)17)14(18)21-3/h4-5,10H,6-7H2,1-3H3,(H2,15,19,20). The van der Waals surface area contributed by atoms with E-state index in [1.807, 2.05) is 0 Å². The summed E-state index contributed by atoms with van der Waals surface area (Å²) in [6.45, 7) is 3.53. The van der Waals surface area contributed by atoms with Crippen LogP contribution in [0.3, 0.4) is 0 Å². The molecule has 0 radical (unpaired) electrons. The lowest BCUT2D eigenvalue weighted by Gasteiger charge is -2.20. The van der Waals surface area contributed by atoms with Gasteiger partial charge in [0.2, 0.25) is 15.9 Å². The fourth-order valence-corrected chi connectivity index (χ4v) is 3.49. The predicted octanol–water partition coefficient (Wildman–Crippen LogP) is 0.477. The average Bonchev–Trinajstić information content (AvgIpc) is 2.80. The molecule has 0 aromatic heterocycles. The zero-order valence-electron chi connectivity index (χ0n) is 12.6. The molecule has 1 aliphatic heterocycles. The maximum absolute atomic E-state index is 12.1. The van der Waals surface area contributed by atoms with Gasteiger partial charge in [0.25, 0.3) is 0 Å². The van der Waals surface area contributed by atoms with Crippen LogP contribution in [0.1, 0.15) is 17.5 Å². The first-order valence-electron chi connectivity index (χ1n) is 6.67. The van der Waals surface area contributed by atoms with Gasteiger partial charge in [0.1, 0.15) is 0 Å². The highest BCUT2D eigenvalue weighted by molar-refractivity contribution is 7.89. The van der Waals surface area contributed by atoms with Crippen LogP contribution >= 0.6 is 0 Å². The van der Waals surface area contributed by atoms with Crippen LogP contribution in [0.5, 0.6) is 0 Å². The van der Waals surface area contributed by atoms with Crippen LogP contribution < -0.4 is 10.0 Å². The lowest BCUT2D eigenvalue weighted by Crippen LogP contribution is -2.27. The lowest BCUT2D eigenvalue weighted by atomic mass is 10.1. The van der Waals surface area contributed by atoms with Crippen molar-refractivity contribution >= 4 is 27.6 Å². The van der Waals surface area contributed by atoms with Gasteiger partial charge in [-0.2, -0.15) is 0 Å². The molecule has 22 heavy (non-hydrogen) atoms. The van der Waals surface area contributed by atoms with Gasteiger partial charge < -0.3 is 9.64 Å². The molecule has 120 valence electrons. The number of methoxy groups -OCH3 is 1. The molecule has 2 rings (SSSR count). The summed E-state index contributed by atoms with van der Waals surface area (Å²) in [4.78, 5) is 25.2. The third-order valence-corrected chi connectivity index (χ3v) is 4.80. The highest BCUT2D eigenvalue weighted by Crippen LogP contribution is 2.31. The third kappa shape index (κ3) is 2.97. The van der Waals surface area contributed by atoms with Gasteiger partial charge >= 0.3 is 5.97 Å². The van der Waals surface area contributed by atoms with Crippen LogP contribution in [0.25, 0.3) is 0 Å². The molecule has 1 amide bonds. The van der Waals surface area contributed by atoms with Crippen molar-refractivity contribution in [3.8, 4) is 0 Å². The Balaban J connectivity index is 2.40. The van der Waals surface area contributed by atoms with Crippen molar-refractivity contribution in [3.05, 3.63) is 23.3 Å². The summed E-state index contributed by atoms with van der Waals surface area (Å²) in [6.07, 6.45) is 0.0854. The van der Waals surface area contributed by atoms with Crippen molar-refractivity contribution in [3.63, 3.8) is 0 Å². The molecular formula is C14H18N2O5S. The number of hydrogen-bond acceptors (Lipinski definition) is 5. The topological polar surface area (TPSA) is 107 Å². The van der Waals surface area contributed by atoms with Crippen molar-refractivity contribution in [2.75, 3.05) is 18.6 Å². The summed E-state index contributed by atoms with van der Waals surface area (Å²) in [7, 11) is -2.53. The van der Waals surface area contributed by atoms with Gasteiger partial charge in [0, 0.05) is 18.7 Å². The van der Waals surface area contributed by atoms with Gasteiger partial charge in [-0.25, -0.2) is 13.6 Å². The van der Waals surface area contributed by atoms with Crippen LogP contribution in [0.4, 0.5) is 5.69 Å². The molecule has 0 saturated carbocycles. The Labute approximate surface area is 129 Å². The number of anilines is 1. The van der Waals surface area contributed by atoms with Gasteiger partial charge in [-0.05, 0) is 37.1 Å². The minimum atomic E-state index is -3.82. The van der Waals surface area contributed by atoms with Crippen molar-refractivity contribution in [2.24, 2.45) is 11.1 Å². The molecule has 7 nitrogen and oxygen atoms in total. The number of benzene rings is 1. The third-order valence-electron chi connectivity index (χ3n) is 3.75. The van der Waals surface area contributed by atoms with E-state index in [0.29, 0.717) is 16.8 Å². The molecule has 1 aromatic rings. The number of carbonyl (C=O) groups is 2. The first kappa shape index (κ1) is 16.4. The van der Waals surface area contributed by atoms with E-state index in [4.69, 9.17) is 5.14 Å². The van der Waals surface area contributed by atoms with Crippen molar-refractivity contribution in [1.82, 2.24) is 0 Å². The Bertz CT molecular complexity index is 742. The summed E-state index contributed by atoms with van der Waals surface area (Å²) in [5.74, 6) is -1.12. The second-order valence-electron chi connectivity index (χ2n) is 5.38. The SMILES string of the molecule is COC(=O)C1CC(=O)N(c2cc(C)c(S(N)(=O)=O)cc2C)C1. The molecule has 1 aromatic carbocycles. The number of nitrogens with two attached hydrogens (primary N) is 1. The molecule has 0 spiro atoms. The highest BCUT2D eigenvalue weighted by atomic mass is 32.2. The number of nitrogens with zero attached hydrogens (tertiary/aromatic N) is 1. The van der Waals surface area contributed by atoms with Gasteiger partial charge in [-0.15, -0.1) is 0 Å². The quantitative estimate of drug-likeness (QED) is 0.813. The fraction of sp³-hybridized carbons (Fsp3) is 0.429. The maximum Gasteiger partial charge on any atom is 0.311 e. The van der Waals surface area contributed by atoms with E-state index in [9.17, 15) is 18.0 Å². The Kier molecular flexibility index (Phi) is 4.25. The number of sulfonamides is 1. The van der Waals surface area contributed by atoms with E-state index in [0.717, 1.165) is 0 Å². The van der Waals surface area contributed by atoms with E-state index < -0.39 is 21.9 Å². The Morgan fingerprint density at radius 1 is 1.32 bits per heavy atom. The molecule has 1 unspecified atom stereocenters. The van der Waals surface area contributed by atoms with E-state index in [1.54, 1.807) is 19.9 Å². The molecule has 1 aliphatic rings. The summed E-state index contributed by atoms with van der Waals surface area (Å²) >= 11 is 0. The second kappa shape index (κ2) is 5.69. The summed E-state index contributed by atoms with van der Waals surface area (Å²) < 4.78 is 27.7. The van der Waals surface area contributed by atoms with Crippen LogP contribution in [0.2, 0.25) is 0 Å². The molecule has 0 bridgehead atoms. The monoisotopic (exact) mass is 326 g/mol. The van der Waals surface area contributed by atoms with Crippen molar-refractivity contribution < 1.29 is 22.7 Å². The van der Waals surface area contributed by atoms with Crippen LogP contribution in [-0.2, 0) is 24.3 Å². The number of rotatable bonds is 3. The van der Waals surface area contributed by atoms with E-state index in [-0.39, 0.29) is 23.8 Å². The zero-order valence-corrected chi connectivity index (χ0v) is 13.4. The molecule has 1 heterocycles. The minimum Gasteiger partial charge on any atom is -0.469 e. The normalized spacial score (nSPS) is 18.6. The van der Waals surface area contributed by atoms with Gasteiger partial charge in [-0.1, -0.05) is 0 Å². The molecule has 8 heteroatoms. The maximum atomic E-state index is 12.1. The molecule has 1 atom stereocenters. The van der Waals surface area contributed by atoms with Crippen LogP contribution in [0.15, 0.2) is 17.0 Å². The summed E-state index contributed by atoms with van der Waals surface area (Å²) in [6, 6.07) is 3.05. The number of aryl methyl sites for hydroxylation is 2. The smallest absolute Gasteiger partial charge is 0.311 e. The lowest BCUT2D eigenvalue weighted by molar-refractivity contribution is -0.145. The number of primary sulfonamides is 1. The first-order chi connectivity index (χ1) is 10.1. The molecule has 1 saturated heterocycles. The number of carbonyl (C=O) groups excluding carboxylic acids is 2. The molecule has 1 fully saturated rings. The second-order valence-corrected chi connectivity index (χ2v) is 6.91. The Morgan fingerprint density at radius 3 is 2.50 bits per heavy atom. The molecular weight excluding hydrogens is 308 g/mol. The fourth-order valence-electron chi connectivity index (χ4n) is 2.64. The molecule has 2 N–H and O–H groups in total. The van der Waals surface area contributed by atoms with Crippen LogP contribution in [-0.4, -0.2) is 33.9 Å². The predicted molar refractivity (Wildman–Crippen MR) is 79.8 cm³/mol. The zero-order chi connectivity index (χ0) is 16.7. The van der Waals surface area contributed by atoms with Gasteiger partial charge in [0.05, 0.1) is 17.9 Å². The number of hydrogen-bond donors (Lipinski definition) is 1. The highest BCUT2D eigenvalue weighted by Gasteiger charge is 2.36. The van der Waals surface area contributed by atoms with Gasteiger partial charge in [0.15, 0.2) is 0 Å². The Morgan fingerprint density at radius 2 is 1.95 bits per heavy atom. The number of amides is 1.